The SMILES string of the molecule is CCC(OCC(C)C)N1CCN(CC2COC(C)(C)C2)C1=N[N+](=O)[O-]. The molecule has 2 rings (SSSR count). The Morgan fingerprint density at radius 3 is 2.68 bits per heavy atom. The number of rotatable bonds is 8. The highest BCUT2D eigenvalue weighted by atomic mass is 16.7. The first kappa shape index (κ1) is 19.9. The van der Waals surface area contributed by atoms with Crippen LogP contribution < -0.4 is 0 Å². The summed E-state index contributed by atoms with van der Waals surface area (Å²) in [6.07, 6.45) is 1.54. The van der Waals surface area contributed by atoms with Gasteiger partial charge in [0.1, 0.15) is 11.3 Å². The van der Waals surface area contributed by atoms with Crippen LogP contribution in [0.1, 0.15) is 47.5 Å². The van der Waals surface area contributed by atoms with E-state index in [0.717, 1.165) is 25.9 Å². The summed E-state index contributed by atoms with van der Waals surface area (Å²) in [6, 6.07) is 0. The average Bonchev–Trinajstić information content (AvgIpc) is 3.04. The quantitative estimate of drug-likeness (QED) is 0.491. The van der Waals surface area contributed by atoms with Gasteiger partial charge in [0.2, 0.25) is 0 Å². The fraction of sp³-hybridized carbons (Fsp3) is 0.941. The molecule has 0 aliphatic carbocycles. The number of hydrazone groups is 1. The van der Waals surface area contributed by atoms with Crippen molar-refractivity contribution in [1.29, 1.82) is 0 Å². The Labute approximate surface area is 150 Å². The van der Waals surface area contributed by atoms with Crippen LogP contribution in [-0.2, 0) is 9.47 Å². The van der Waals surface area contributed by atoms with Crippen LogP contribution in [0, 0.1) is 22.0 Å². The Bertz CT molecular complexity index is 495. The predicted octanol–water partition coefficient (Wildman–Crippen LogP) is 2.38. The van der Waals surface area contributed by atoms with Gasteiger partial charge in [-0.3, -0.25) is 0 Å². The van der Waals surface area contributed by atoms with E-state index in [0.29, 0.717) is 37.6 Å². The lowest BCUT2D eigenvalue weighted by molar-refractivity contribution is -0.486. The highest BCUT2D eigenvalue weighted by Gasteiger charge is 2.38. The monoisotopic (exact) mass is 356 g/mol. The van der Waals surface area contributed by atoms with E-state index in [9.17, 15) is 10.1 Å². The number of hydrogen-bond donors (Lipinski definition) is 0. The third-order valence-corrected chi connectivity index (χ3v) is 4.61. The summed E-state index contributed by atoms with van der Waals surface area (Å²) >= 11 is 0. The largest absolute Gasteiger partial charge is 0.375 e. The highest BCUT2D eigenvalue weighted by molar-refractivity contribution is 5.81. The lowest BCUT2D eigenvalue weighted by Crippen LogP contribution is -2.43. The van der Waals surface area contributed by atoms with Crippen LogP contribution in [0.4, 0.5) is 0 Å². The van der Waals surface area contributed by atoms with E-state index in [1.807, 2.05) is 16.7 Å². The van der Waals surface area contributed by atoms with Gasteiger partial charge < -0.3 is 19.3 Å². The van der Waals surface area contributed by atoms with E-state index in [-0.39, 0.29) is 11.8 Å². The van der Waals surface area contributed by atoms with Gasteiger partial charge in [-0.25, -0.2) is 10.1 Å². The zero-order chi connectivity index (χ0) is 18.6. The molecule has 2 heterocycles. The molecule has 0 N–H and O–H groups in total. The summed E-state index contributed by atoms with van der Waals surface area (Å²) in [6.45, 7) is 13.9. The standard InChI is InChI=1S/C17H32N4O4/c1-6-15(24-11-13(2)3)20-8-7-19(16(20)18-21(22)23)10-14-9-17(4,5)25-12-14/h13-15H,6-12H2,1-5H3. The number of ether oxygens (including phenoxy) is 2. The van der Waals surface area contributed by atoms with Crippen LogP contribution >= 0.6 is 0 Å². The minimum absolute atomic E-state index is 0.114. The van der Waals surface area contributed by atoms with Crippen molar-refractivity contribution in [1.82, 2.24) is 9.80 Å². The van der Waals surface area contributed by atoms with Crippen molar-refractivity contribution in [3.05, 3.63) is 10.1 Å². The number of nitrogens with zero attached hydrogens (tertiary/aromatic N) is 4. The first-order valence-electron chi connectivity index (χ1n) is 9.22. The second kappa shape index (κ2) is 8.31. The smallest absolute Gasteiger partial charge is 0.276 e. The second-order valence-electron chi connectivity index (χ2n) is 8.01. The Morgan fingerprint density at radius 1 is 1.44 bits per heavy atom. The molecule has 0 radical (unpaired) electrons. The van der Waals surface area contributed by atoms with Crippen molar-refractivity contribution < 1.29 is 14.5 Å². The molecule has 0 aromatic heterocycles. The number of nitro groups is 1. The van der Waals surface area contributed by atoms with Crippen LogP contribution in [0.3, 0.4) is 0 Å². The molecule has 2 fully saturated rings. The highest BCUT2D eigenvalue weighted by Crippen LogP contribution is 2.30. The van der Waals surface area contributed by atoms with Gasteiger partial charge in [-0.05, 0) is 32.6 Å². The molecule has 8 heteroatoms. The van der Waals surface area contributed by atoms with Gasteiger partial charge in [-0.2, -0.15) is 0 Å². The molecule has 0 spiro atoms. The molecular formula is C17H32N4O4. The molecule has 25 heavy (non-hydrogen) atoms. The number of guanidine groups is 1. The zero-order valence-electron chi connectivity index (χ0n) is 16.1. The molecular weight excluding hydrogens is 324 g/mol. The number of hydrogen-bond acceptors (Lipinski definition) is 4. The minimum atomic E-state index is -0.606. The van der Waals surface area contributed by atoms with Crippen molar-refractivity contribution >= 4 is 5.96 Å². The summed E-state index contributed by atoms with van der Waals surface area (Å²) in [7, 11) is 0. The molecule has 0 aromatic rings. The molecule has 2 atom stereocenters. The molecule has 2 saturated heterocycles. The van der Waals surface area contributed by atoms with E-state index >= 15 is 0 Å². The van der Waals surface area contributed by atoms with Gasteiger partial charge in [0.25, 0.3) is 5.96 Å². The fourth-order valence-electron chi connectivity index (χ4n) is 3.57. The van der Waals surface area contributed by atoms with Crippen LogP contribution in [-0.4, -0.2) is 65.5 Å². The van der Waals surface area contributed by atoms with Crippen LogP contribution in [0.15, 0.2) is 5.10 Å². The Hall–Kier alpha value is -1.41. The van der Waals surface area contributed by atoms with E-state index < -0.39 is 5.03 Å². The van der Waals surface area contributed by atoms with Gasteiger partial charge in [-0.1, -0.05) is 20.8 Å². The Morgan fingerprint density at radius 2 is 2.16 bits per heavy atom. The maximum absolute atomic E-state index is 11.1. The van der Waals surface area contributed by atoms with Gasteiger partial charge in [0.05, 0.1) is 18.8 Å². The molecule has 2 aliphatic rings. The Balaban J connectivity index is 2.07. The fourth-order valence-corrected chi connectivity index (χ4v) is 3.57. The van der Waals surface area contributed by atoms with Crippen molar-refractivity contribution in [2.75, 3.05) is 32.8 Å². The molecule has 144 valence electrons. The lowest BCUT2D eigenvalue weighted by Gasteiger charge is -2.29. The van der Waals surface area contributed by atoms with Crippen molar-refractivity contribution in [3.63, 3.8) is 0 Å². The Kier molecular flexibility index (Phi) is 6.62. The molecule has 8 nitrogen and oxygen atoms in total. The predicted molar refractivity (Wildman–Crippen MR) is 95.7 cm³/mol. The first-order chi connectivity index (χ1) is 11.7. The average molecular weight is 356 g/mol. The molecule has 0 amide bonds. The summed E-state index contributed by atoms with van der Waals surface area (Å²) in [5.74, 6) is 1.20. The minimum Gasteiger partial charge on any atom is -0.375 e. The van der Waals surface area contributed by atoms with Crippen LogP contribution in [0.5, 0.6) is 0 Å². The molecule has 0 saturated carbocycles. The van der Waals surface area contributed by atoms with Crippen molar-refractivity contribution in [2.24, 2.45) is 16.9 Å². The zero-order valence-corrected chi connectivity index (χ0v) is 16.1. The summed E-state index contributed by atoms with van der Waals surface area (Å²) < 4.78 is 11.8. The maximum Gasteiger partial charge on any atom is 0.276 e. The summed E-state index contributed by atoms with van der Waals surface area (Å²) in [4.78, 5) is 15.0. The van der Waals surface area contributed by atoms with E-state index in [1.54, 1.807) is 0 Å². The van der Waals surface area contributed by atoms with Gasteiger partial charge in [0.15, 0.2) is 5.03 Å². The second-order valence-corrected chi connectivity index (χ2v) is 8.01. The van der Waals surface area contributed by atoms with E-state index in [2.05, 4.69) is 32.8 Å². The van der Waals surface area contributed by atoms with Gasteiger partial charge in [0, 0.05) is 25.6 Å². The summed E-state index contributed by atoms with van der Waals surface area (Å²) in [5, 5.41) is 14.1. The third kappa shape index (κ3) is 5.54. The molecule has 2 aliphatic heterocycles. The lowest BCUT2D eigenvalue weighted by atomic mass is 9.97. The summed E-state index contributed by atoms with van der Waals surface area (Å²) in [5.41, 5.74) is -0.114. The van der Waals surface area contributed by atoms with Crippen LogP contribution in [0.25, 0.3) is 0 Å². The topological polar surface area (TPSA) is 80.4 Å². The van der Waals surface area contributed by atoms with Crippen molar-refractivity contribution in [3.8, 4) is 0 Å². The van der Waals surface area contributed by atoms with Gasteiger partial charge >= 0.3 is 0 Å². The van der Waals surface area contributed by atoms with Gasteiger partial charge in [-0.15, -0.1) is 0 Å². The maximum atomic E-state index is 11.1. The van der Waals surface area contributed by atoms with Crippen molar-refractivity contribution in [2.45, 2.75) is 59.3 Å². The third-order valence-electron chi connectivity index (χ3n) is 4.61. The molecule has 0 aromatic carbocycles. The normalized spacial score (nSPS) is 26.0. The van der Waals surface area contributed by atoms with E-state index in [1.165, 1.54) is 0 Å². The first-order valence-corrected chi connectivity index (χ1v) is 9.22. The van der Waals surface area contributed by atoms with E-state index in [4.69, 9.17) is 9.47 Å². The molecule has 2 unspecified atom stereocenters. The molecule has 0 bridgehead atoms. The van der Waals surface area contributed by atoms with Crippen LogP contribution in [0.2, 0.25) is 0 Å².